The summed E-state index contributed by atoms with van der Waals surface area (Å²) in [4.78, 5) is -0.0301. The van der Waals surface area contributed by atoms with Gasteiger partial charge < -0.3 is 5.11 Å². The first-order valence-corrected chi connectivity index (χ1v) is 7.44. The zero-order valence-corrected chi connectivity index (χ0v) is 12.0. The highest BCUT2D eigenvalue weighted by Crippen LogP contribution is 2.26. The molecule has 0 aromatic heterocycles. The monoisotopic (exact) mass is 315 g/mol. The number of halogens is 2. The van der Waals surface area contributed by atoms with E-state index < -0.39 is 15.8 Å². The number of nitrogens with one attached hydrogen (secondary N) is 1. The Morgan fingerprint density at radius 3 is 2.60 bits per heavy atom. The van der Waals surface area contributed by atoms with E-state index in [1.54, 1.807) is 13.0 Å². The van der Waals surface area contributed by atoms with E-state index in [2.05, 4.69) is 4.72 Å². The molecule has 2 aromatic rings. The highest BCUT2D eigenvalue weighted by atomic mass is 35.5. The first kappa shape index (κ1) is 14.6. The van der Waals surface area contributed by atoms with Gasteiger partial charge in [0.2, 0.25) is 0 Å². The molecule has 4 nitrogen and oxygen atoms in total. The SMILES string of the molecule is Cc1c(Cl)cccc1S(=O)(=O)Nc1ccc(O)cc1F. The summed E-state index contributed by atoms with van der Waals surface area (Å²) in [6.45, 7) is 1.56. The van der Waals surface area contributed by atoms with Gasteiger partial charge in [0.05, 0.1) is 10.6 Å². The van der Waals surface area contributed by atoms with E-state index in [0.717, 1.165) is 12.1 Å². The molecule has 0 aliphatic rings. The van der Waals surface area contributed by atoms with E-state index >= 15 is 0 Å². The van der Waals surface area contributed by atoms with Crippen molar-refractivity contribution in [2.45, 2.75) is 11.8 Å². The van der Waals surface area contributed by atoms with Crippen molar-refractivity contribution in [2.75, 3.05) is 4.72 Å². The van der Waals surface area contributed by atoms with Crippen molar-refractivity contribution >= 4 is 27.3 Å². The van der Waals surface area contributed by atoms with Crippen molar-refractivity contribution in [3.8, 4) is 5.75 Å². The standard InChI is InChI=1S/C13H11ClFNO3S/c1-8-10(14)3-2-4-13(8)20(18,19)16-12-6-5-9(17)7-11(12)15/h2-7,16-17H,1H3. The third kappa shape index (κ3) is 2.86. The molecule has 0 fully saturated rings. The minimum Gasteiger partial charge on any atom is -0.508 e. The summed E-state index contributed by atoms with van der Waals surface area (Å²) in [5.41, 5.74) is 0.128. The number of hydrogen-bond donors (Lipinski definition) is 2. The first-order valence-electron chi connectivity index (χ1n) is 5.58. The predicted octanol–water partition coefficient (Wildman–Crippen LogP) is 3.29. The molecule has 7 heteroatoms. The third-order valence-electron chi connectivity index (χ3n) is 2.70. The van der Waals surface area contributed by atoms with E-state index in [-0.39, 0.29) is 16.3 Å². The van der Waals surface area contributed by atoms with E-state index in [1.165, 1.54) is 18.2 Å². The van der Waals surface area contributed by atoms with Crippen molar-refractivity contribution in [1.82, 2.24) is 0 Å². The van der Waals surface area contributed by atoms with Crippen LogP contribution in [-0.2, 0) is 10.0 Å². The maximum atomic E-state index is 13.6. The van der Waals surface area contributed by atoms with E-state index in [0.29, 0.717) is 10.6 Å². The van der Waals surface area contributed by atoms with Gasteiger partial charge in [-0.1, -0.05) is 17.7 Å². The molecular weight excluding hydrogens is 305 g/mol. The van der Waals surface area contributed by atoms with Crippen LogP contribution in [0.1, 0.15) is 5.56 Å². The van der Waals surface area contributed by atoms with Gasteiger partial charge in [0, 0.05) is 11.1 Å². The summed E-state index contributed by atoms with van der Waals surface area (Å²) >= 11 is 5.88. The van der Waals surface area contributed by atoms with Gasteiger partial charge in [-0.3, -0.25) is 4.72 Å². The second-order valence-corrected chi connectivity index (χ2v) is 6.19. The zero-order chi connectivity index (χ0) is 14.9. The number of phenols is 1. The van der Waals surface area contributed by atoms with Gasteiger partial charge >= 0.3 is 0 Å². The number of benzene rings is 2. The van der Waals surface area contributed by atoms with Crippen molar-refractivity contribution in [2.24, 2.45) is 0 Å². The van der Waals surface area contributed by atoms with Gasteiger partial charge in [0.25, 0.3) is 10.0 Å². The Morgan fingerprint density at radius 1 is 1.25 bits per heavy atom. The molecule has 2 N–H and O–H groups in total. The molecular formula is C13H11ClFNO3S. The molecule has 0 spiro atoms. The molecule has 0 radical (unpaired) electrons. The lowest BCUT2D eigenvalue weighted by Gasteiger charge is -2.11. The molecule has 0 bridgehead atoms. The number of aromatic hydroxyl groups is 1. The smallest absolute Gasteiger partial charge is 0.262 e. The van der Waals surface area contributed by atoms with Gasteiger partial charge in [-0.05, 0) is 36.8 Å². The van der Waals surface area contributed by atoms with Crippen LogP contribution >= 0.6 is 11.6 Å². The summed E-state index contributed by atoms with van der Waals surface area (Å²) in [6.07, 6.45) is 0. The third-order valence-corrected chi connectivity index (χ3v) is 4.62. The zero-order valence-electron chi connectivity index (χ0n) is 10.4. The molecule has 20 heavy (non-hydrogen) atoms. The van der Waals surface area contributed by atoms with Crippen LogP contribution in [0.4, 0.5) is 10.1 Å². The summed E-state index contributed by atoms with van der Waals surface area (Å²) in [7, 11) is -3.96. The summed E-state index contributed by atoms with van der Waals surface area (Å²) in [5.74, 6) is -1.15. The molecule has 2 rings (SSSR count). The predicted molar refractivity (Wildman–Crippen MR) is 75.1 cm³/mol. The maximum Gasteiger partial charge on any atom is 0.262 e. The molecule has 0 aliphatic heterocycles. The van der Waals surface area contributed by atoms with Crippen molar-refractivity contribution in [1.29, 1.82) is 0 Å². The molecule has 0 aliphatic carbocycles. The Balaban J connectivity index is 2.44. The van der Waals surface area contributed by atoms with Crippen molar-refractivity contribution in [3.63, 3.8) is 0 Å². The van der Waals surface area contributed by atoms with Crippen molar-refractivity contribution in [3.05, 3.63) is 52.8 Å². The Labute approximate surface area is 120 Å². The molecule has 0 saturated heterocycles. The molecule has 0 saturated carbocycles. The average Bonchev–Trinajstić information content (AvgIpc) is 2.36. The van der Waals surface area contributed by atoms with Crippen molar-refractivity contribution < 1.29 is 17.9 Å². The Hall–Kier alpha value is -1.79. The number of anilines is 1. The molecule has 0 unspecified atom stereocenters. The van der Waals surface area contributed by atoms with Crippen LogP contribution in [0.3, 0.4) is 0 Å². The summed E-state index contributed by atoms with van der Waals surface area (Å²) in [6, 6.07) is 7.59. The number of rotatable bonds is 3. The Bertz CT molecular complexity index is 762. The molecule has 2 aromatic carbocycles. The fourth-order valence-electron chi connectivity index (χ4n) is 1.67. The minimum atomic E-state index is -3.96. The van der Waals surface area contributed by atoms with Crippen LogP contribution in [-0.4, -0.2) is 13.5 Å². The van der Waals surface area contributed by atoms with Crippen LogP contribution in [0.25, 0.3) is 0 Å². The summed E-state index contributed by atoms with van der Waals surface area (Å²) < 4.78 is 40.1. The van der Waals surface area contributed by atoms with Crippen LogP contribution in [0.5, 0.6) is 5.75 Å². The van der Waals surface area contributed by atoms with Gasteiger partial charge in [-0.25, -0.2) is 12.8 Å². The fourth-order valence-corrected chi connectivity index (χ4v) is 3.23. The van der Waals surface area contributed by atoms with E-state index in [9.17, 15) is 12.8 Å². The van der Waals surface area contributed by atoms with Gasteiger partial charge in [-0.15, -0.1) is 0 Å². The number of phenolic OH excluding ortho intramolecular Hbond substituents is 1. The number of hydrogen-bond acceptors (Lipinski definition) is 3. The molecule has 0 atom stereocenters. The highest BCUT2D eigenvalue weighted by Gasteiger charge is 2.19. The van der Waals surface area contributed by atoms with Crippen LogP contribution in [0, 0.1) is 12.7 Å². The maximum absolute atomic E-state index is 13.6. The van der Waals surface area contributed by atoms with Gasteiger partial charge in [0.15, 0.2) is 5.82 Å². The Morgan fingerprint density at radius 2 is 1.95 bits per heavy atom. The Kier molecular flexibility index (Phi) is 3.87. The van der Waals surface area contributed by atoms with Crippen LogP contribution in [0.2, 0.25) is 5.02 Å². The second kappa shape index (κ2) is 5.30. The fraction of sp³-hybridized carbons (Fsp3) is 0.0769. The number of sulfonamides is 1. The first-order chi connectivity index (χ1) is 9.31. The lowest BCUT2D eigenvalue weighted by atomic mass is 10.2. The minimum absolute atomic E-state index is 0.0301. The van der Waals surface area contributed by atoms with Gasteiger partial charge in [0.1, 0.15) is 5.75 Å². The highest BCUT2D eigenvalue weighted by molar-refractivity contribution is 7.92. The van der Waals surface area contributed by atoms with Crippen LogP contribution < -0.4 is 4.72 Å². The molecule has 0 amide bonds. The molecule has 106 valence electrons. The molecule has 0 heterocycles. The lowest BCUT2D eigenvalue weighted by molar-refractivity contribution is 0.469. The van der Waals surface area contributed by atoms with E-state index in [4.69, 9.17) is 16.7 Å². The summed E-state index contributed by atoms with van der Waals surface area (Å²) in [5, 5.41) is 9.40. The topological polar surface area (TPSA) is 66.4 Å². The normalized spacial score (nSPS) is 11.3. The van der Waals surface area contributed by atoms with E-state index in [1.807, 2.05) is 0 Å². The average molecular weight is 316 g/mol. The van der Waals surface area contributed by atoms with Crippen LogP contribution in [0.15, 0.2) is 41.3 Å². The second-order valence-electron chi connectivity index (χ2n) is 4.13. The largest absolute Gasteiger partial charge is 0.508 e. The van der Waals surface area contributed by atoms with Gasteiger partial charge in [-0.2, -0.15) is 0 Å². The quantitative estimate of drug-likeness (QED) is 0.854. The lowest BCUT2D eigenvalue weighted by Crippen LogP contribution is -2.15.